The third-order valence-corrected chi connectivity index (χ3v) is 5.06. The predicted molar refractivity (Wildman–Crippen MR) is 96.1 cm³/mol. The second kappa shape index (κ2) is 8.48. The summed E-state index contributed by atoms with van der Waals surface area (Å²) in [6.45, 7) is 4.09. The number of rotatable bonds is 5. The highest BCUT2D eigenvalue weighted by atomic mass is 79.9. The van der Waals surface area contributed by atoms with Crippen LogP contribution in [0.25, 0.3) is 0 Å². The molecule has 0 radical (unpaired) electrons. The maximum atomic E-state index is 12.4. The smallest absolute Gasteiger partial charge is 0.227 e. The minimum atomic E-state index is 0.00151. The van der Waals surface area contributed by atoms with E-state index in [1.54, 1.807) is 0 Å². The average Bonchev–Trinajstić information content (AvgIpc) is 2.54. The molecule has 0 bridgehead atoms. The Hall–Kier alpha value is -1.36. The molecule has 0 heterocycles. The minimum absolute atomic E-state index is 0.00151. The lowest BCUT2D eigenvalue weighted by molar-refractivity contribution is -0.129. The molecule has 1 unspecified atom stereocenters. The van der Waals surface area contributed by atoms with E-state index in [9.17, 15) is 9.59 Å². The van der Waals surface area contributed by atoms with Crippen LogP contribution in [-0.4, -0.2) is 17.9 Å². The van der Waals surface area contributed by atoms with E-state index in [1.807, 2.05) is 31.2 Å². The number of nitrogens with one attached hydrogen (secondary N) is 2. The Morgan fingerprint density at radius 2 is 1.78 bits per heavy atom. The van der Waals surface area contributed by atoms with Crippen molar-refractivity contribution < 1.29 is 9.59 Å². The molecule has 0 saturated heterocycles. The fourth-order valence-electron chi connectivity index (χ4n) is 2.89. The number of benzene rings is 1. The van der Waals surface area contributed by atoms with Crippen molar-refractivity contribution in [3.05, 3.63) is 28.7 Å². The first kappa shape index (κ1) is 18.0. The molecule has 0 aromatic heterocycles. The van der Waals surface area contributed by atoms with Crippen molar-refractivity contribution in [1.29, 1.82) is 0 Å². The number of halogens is 1. The quantitative estimate of drug-likeness (QED) is 0.807. The van der Waals surface area contributed by atoms with Gasteiger partial charge in [0.15, 0.2) is 0 Å². The number of amides is 2. The van der Waals surface area contributed by atoms with E-state index in [4.69, 9.17) is 0 Å². The van der Waals surface area contributed by atoms with Crippen LogP contribution < -0.4 is 10.6 Å². The molecule has 1 aliphatic rings. The maximum Gasteiger partial charge on any atom is 0.227 e. The highest BCUT2D eigenvalue weighted by Gasteiger charge is 2.30. The molecule has 1 aromatic rings. The topological polar surface area (TPSA) is 58.2 Å². The summed E-state index contributed by atoms with van der Waals surface area (Å²) in [6.07, 6.45) is 4.07. The monoisotopic (exact) mass is 380 g/mol. The summed E-state index contributed by atoms with van der Waals surface area (Å²) in [5.41, 5.74) is 0.806. The van der Waals surface area contributed by atoms with Crippen molar-refractivity contribution in [2.24, 2.45) is 11.8 Å². The predicted octanol–water partition coefficient (Wildman–Crippen LogP) is 4.11. The van der Waals surface area contributed by atoms with Gasteiger partial charge >= 0.3 is 0 Å². The van der Waals surface area contributed by atoms with E-state index >= 15 is 0 Å². The van der Waals surface area contributed by atoms with Crippen LogP contribution in [0.4, 0.5) is 5.69 Å². The largest absolute Gasteiger partial charge is 0.353 e. The lowest BCUT2D eigenvalue weighted by Crippen LogP contribution is -2.39. The molecule has 2 amide bonds. The number of carbonyl (C=O) groups excluding carboxylic acids is 2. The fourth-order valence-corrected chi connectivity index (χ4v) is 3.29. The first-order valence-corrected chi connectivity index (χ1v) is 9.15. The van der Waals surface area contributed by atoms with Gasteiger partial charge in [-0.1, -0.05) is 28.9 Å². The molecular weight excluding hydrogens is 356 g/mol. The Kier molecular flexibility index (Phi) is 6.63. The Morgan fingerprint density at radius 1 is 1.17 bits per heavy atom. The van der Waals surface area contributed by atoms with Gasteiger partial charge in [0.25, 0.3) is 0 Å². The average molecular weight is 381 g/mol. The SMILES string of the molecule is CCC(C)NC(=O)C1CCC(C(=O)Nc2cccc(Br)c2)CC1. The standard InChI is InChI=1S/C18H25BrN2O2/c1-3-12(2)20-17(22)13-7-9-14(10-8-13)18(23)21-16-6-4-5-15(19)11-16/h4-6,11-14H,3,7-10H2,1-2H3,(H,20,22)(H,21,23). The number of anilines is 1. The lowest BCUT2D eigenvalue weighted by Gasteiger charge is -2.28. The molecule has 0 spiro atoms. The van der Waals surface area contributed by atoms with Gasteiger partial charge in [-0.25, -0.2) is 0 Å². The number of hydrogen-bond acceptors (Lipinski definition) is 2. The van der Waals surface area contributed by atoms with E-state index in [1.165, 1.54) is 0 Å². The summed E-state index contributed by atoms with van der Waals surface area (Å²) in [5.74, 6) is 0.259. The lowest BCUT2D eigenvalue weighted by atomic mass is 9.81. The fraction of sp³-hybridized carbons (Fsp3) is 0.556. The molecule has 126 valence electrons. The van der Waals surface area contributed by atoms with Crippen molar-refractivity contribution in [1.82, 2.24) is 5.32 Å². The second-order valence-electron chi connectivity index (χ2n) is 6.37. The molecule has 5 heteroatoms. The van der Waals surface area contributed by atoms with Crippen molar-refractivity contribution in [2.45, 2.75) is 52.0 Å². The van der Waals surface area contributed by atoms with E-state index in [2.05, 4.69) is 33.5 Å². The van der Waals surface area contributed by atoms with Gasteiger partial charge in [-0.3, -0.25) is 9.59 Å². The number of carbonyl (C=O) groups is 2. The normalized spacial score (nSPS) is 22.2. The molecule has 1 aromatic carbocycles. The summed E-state index contributed by atoms with van der Waals surface area (Å²) in [4.78, 5) is 24.5. The summed E-state index contributed by atoms with van der Waals surface area (Å²) >= 11 is 3.40. The highest BCUT2D eigenvalue weighted by molar-refractivity contribution is 9.10. The zero-order valence-electron chi connectivity index (χ0n) is 13.8. The Morgan fingerprint density at radius 3 is 2.35 bits per heavy atom. The van der Waals surface area contributed by atoms with Crippen molar-refractivity contribution >= 4 is 33.4 Å². The molecule has 1 fully saturated rings. The van der Waals surface area contributed by atoms with Crippen LogP contribution in [0.2, 0.25) is 0 Å². The third-order valence-electron chi connectivity index (χ3n) is 4.56. The summed E-state index contributed by atoms with van der Waals surface area (Å²) in [6, 6.07) is 7.82. The molecule has 1 atom stereocenters. The van der Waals surface area contributed by atoms with Gasteiger partial charge in [0.1, 0.15) is 0 Å². The van der Waals surface area contributed by atoms with Crippen LogP contribution in [-0.2, 0) is 9.59 Å². The van der Waals surface area contributed by atoms with E-state index in [0.717, 1.165) is 42.3 Å². The third kappa shape index (κ3) is 5.34. The molecule has 23 heavy (non-hydrogen) atoms. The van der Waals surface area contributed by atoms with Gasteiger partial charge in [-0.15, -0.1) is 0 Å². The van der Waals surface area contributed by atoms with Gasteiger partial charge < -0.3 is 10.6 Å². The summed E-state index contributed by atoms with van der Waals surface area (Å²) < 4.78 is 0.945. The second-order valence-corrected chi connectivity index (χ2v) is 7.28. The van der Waals surface area contributed by atoms with Gasteiger partial charge in [0, 0.05) is 28.0 Å². The molecule has 1 aliphatic carbocycles. The van der Waals surface area contributed by atoms with Gasteiger partial charge in [-0.05, 0) is 57.2 Å². The van der Waals surface area contributed by atoms with Gasteiger partial charge in [0.05, 0.1) is 0 Å². The van der Waals surface area contributed by atoms with Crippen molar-refractivity contribution in [3.63, 3.8) is 0 Å². The van der Waals surface area contributed by atoms with Gasteiger partial charge in [0.2, 0.25) is 11.8 Å². The Balaban J connectivity index is 1.82. The zero-order chi connectivity index (χ0) is 16.8. The van der Waals surface area contributed by atoms with Crippen LogP contribution >= 0.6 is 15.9 Å². The van der Waals surface area contributed by atoms with Crippen LogP contribution in [0.3, 0.4) is 0 Å². The van der Waals surface area contributed by atoms with E-state index in [0.29, 0.717) is 0 Å². The molecule has 1 saturated carbocycles. The molecule has 2 N–H and O–H groups in total. The van der Waals surface area contributed by atoms with Gasteiger partial charge in [-0.2, -0.15) is 0 Å². The summed E-state index contributed by atoms with van der Waals surface area (Å²) in [7, 11) is 0. The van der Waals surface area contributed by atoms with Crippen LogP contribution in [0.15, 0.2) is 28.7 Å². The molecule has 0 aliphatic heterocycles. The Labute approximate surface area is 146 Å². The molecular formula is C18H25BrN2O2. The van der Waals surface area contributed by atoms with Crippen LogP contribution in [0, 0.1) is 11.8 Å². The highest BCUT2D eigenvalue weighted by Crippen LogP contribution is 2.30. The number of hydrogen-bond donors (Lipinski definition) is 2. The molecule has 4 nitrogen and oxygen atoms in total. The Bertz CT molecular complexity index is 554. The van der Waals surface area contributed by atoms with Crippen LogP contribution in [0.1, 0.15) is 46.0 Å². The van der Waals surface area contributed by atoms with Crippen molar-refractivity contribution in [2.75, 3.05) is 5.32 Å². The first-order chi connectivity index (χ1) is 11.0. The van der Waals surface area contributed by atoms with E-state index < -0.39 is 0 Å². The van der Waals surface area contributed by atoms with E-state index in [-0.39, 0.29) is 29.7 Å². The maximum absolute atomic E-state index is 12.4. The zero-order valence-corrected chi connectivity index (χ0v) is 15.4. The van der Waals surface area contributed by atoms with Crippen LogP contribution in [0.5, 0.6) is 0 Å². The minimum Gasteiger partial charge on any atom is -0.353 e. The molecule has 2 rings (SSSR count). The summed E-state index contributed by atoms with van der Waals surface area (Å²) in [5, 5.41) is 6.01. The van der Waals surface area contributed by atoms with Crippen molar-refractivity contribution in [3.8, 4) is 0 Å². The first-order valence-electron chi connectivity index (χ1n) is 8.36.